The van der Waals surface area contributed by atoms with E-state index in [1.165, 1.54) is 12.3 Å². The number of halogens is 3. The van der Waals surface area contributed by atoms with Gasteiger partial charge < -0.3 is 5.11 Å². The largest absolute Gasteiger partial charge is 0.478 e. The number of pyridine rings is 2. The van der Waals surface area contributed by atoms with Crippen LogP contribution in [0.3, 0.4) is 0 Å². The average Bonchev–Trinajstić information content (AvgIpc) is 2.53. The van der Waals surface area contributed by atoms with Crippen LogP contribution in [0, 0.1) is 0 Å². The zero-order valence-electron chi connectivity index (χ0n) is 11.5. The number of carbonyl (C=O) groups is 1. The highest BCUT2D eigenvalue weighted by Crippen LogP contribution is 2.33. The smallest absolute Gasteiger partial charge is 0.416 e. The molecule has 1 aromatic carbocycles. The summed E-state index contributed by atoms with van der Waals surface area (Å²) in [5.41, 5.74) is -0.271. The summed E-state index contributed by atoms with van der Waals surface area (Å²) in [4.78, 5) is 19.7. The second-order valence-corrected chi connectivity index (χ2v) is 4.80. The third-order valence-corrected chi connectivity index (χ3v) is 3.29. The van der Waals surface area contributed by atoms with E-state index in [0.29, 0.717) is 5.69 Å². The Labute approximate surface area is 128 Å². The molecule has 4 nitrogen and oxygen atoms in total. The lowest BCUT2D eigenvalue weighted by Crippen LogP contribution is -2.06. The molecule has 0 fully saturated rings. The van der Waals surface area contributed by atoms with Crippen molar-refractivity contribution in [3.8, 4) is 11.4 Å². The Kier molecular flexibility index (Phi) is 3.48. The zero-order valence-corrected chi connectivity index (χ0v) is 11.5. The van der Waals surface area contributed by atoms with E-state index >= 15 is 0 Å². The van der Waals surface area contributed by atoms with Gasteiger partial charge >= 0.3 is 12.1 Å². The van der Waals surface area contributed by atoms with Crippen molar-refractivity contribution in [3.05, 3.63) is 59.8 Å². The number of nitrogens with zero attached hydrogens (tertiary/aromatic N) is 2. The molecule has 0 amide bonds. The lowest BCUT2D eigenvalue weighted by molar-refractivity contribution is -0.137. The summed E-state index contributed by atoms with van der Waals surface area (Å²) in [5, 5.41) is 9.26. The molecule has 0 saturated carbocycles. The molecule has 116 valence electrons. The highest BCUT2D eigenvalue weighted by Gasteiger charge is 2.31. The van der Waals surface area contributed by atoms with Crippen molar-refractivity contribution in [2.24, 2.45) is 0 Å². The molecule has 0 radical (unpaired) electrons. The number of aromatic carboxylic acids is 1. The number of aromatic nitrogens is 2. The predicted molar refractivity (Wildman–Crippen MR) is 76.9 cm³/mol. The van der Waals surface area contributed by atoms with Crippen LogP contribution >= 0.6 is 0 Å². The van der Waals surface area contributed by atoms with Gasteiger partial charge in [-0.05, 0) is 36.4 Å². The van der Waals surface area contributed by atoms with Crippen molar-refractivity contribution in [1.29, 1.82) is 0 Å². The molecule has 0 saturated heterocycles. The van der Waals surface area contributed by atoms with Gasteiger partial charge in [0.25, 0.3) is 0 Å². The summed E-state index contributed by atoms with van der Waals surface area (Å²) in [6.07, 6.45) is -3.03. The molecule has 0 aliphatic carbocycles. The van der Waals surface area contributed by atoms with Gasteiger partial charge in [-0.1, -0.05) is 6.07 Å². The van der Waals surface area contributed by atoms with Crippen molar-refractivity contribution in [3.63, 3.8) is 0 Å². The van der Waals surface area contributed by atoms with Gasteiger partial charge in [-0.2, -0.15) is 13.2 Å². The monoisotopic (exact) mass is 318 g/mol. The van der Waals surface area contributed by atoms with E-state index < -0.39 is 17.7 Å². The Bertz CT molecular complexity index is 893. The summed E-state index contributed by atoms with van der Waals surface area (Å²) in [6, 6.07) is 9.12. The van der Waals surface area contributed by atoms with Crippen LogP contribution in [0.1, 0.15) is 15.9 Å². The second kappa shape index (κ2) is 5.35. The Morgan fingerprint density at radius 3 is 2.43 bits per heavy atom. The maximum atomic E-state index is 12.8. The number of carboxylic acid groups (broad SMARTS) is 1. The fraction of sp³-hybridized carbons (Fsp3) is 0.0625. The van der Waals surface area contributed by atoms with Gasteiger partial charge in [-0.15, -0.1) is 0 Å². The van der Waals surface area contributed by atoms with Gasteiger partial charge in [0, 0.05) is 11.6 Å². The molecule has 0 spiro atoms. The highest BCUT2D eigenvalue weighted by molar-refractivity contribution is 6.03. The van der Waals surface area contributed by atoms with E-state index in [4.69, 9.17) is 0 Å². The van der Waals surface area contributed by atoms with Crippen LogP contribution in [0.25, 0.3) is 22.3 Å². The SMILES string of the molecule is O=C(O)c1cc(-c2ccccn2)nc2ccc(C(F)(F)F)cc12. The lowest BCUT2D eigenvalue weighted by Gasteiger charge is -2.10. The quantitative estimate of drug-likeness (QED) is 0.775. The summed E-state index contributed by atoms with van der Waals surface area (Å²) in [7, 11) is 0. The molecular formula is C16H9F3N2O2. The number of benzene rings is 1. The minimum Gasteiger partial charge on any atom is -0.478 e. The number of alkyl halides is 3. The Morgan fingerprint density at radius 1 is 1.04 bits per heavy atom. The van der Waals surface area contributed by atoms with Crippen LogP contribution in [-0.4, -0.2) is 21.0 Å². The summed E-state index contributed by atoms with van der Waals surface area (Å²) < 4.78 is 38.4. The third kappa shape index (κ3) is 2.85. The second-order valence-electron chi connectivity index (χ2n) is 4.80. The van der Waals surface area contributed by atoms with Crippen molar-refractivity contribution in [2.45, 2.75) is 6.18 Å². The number of fused-ring (bicyclic) bond motifs is 1. The summed E-state index contributed by atoms with van der Waals surface area (Å²) in [5.74, 6) is -1.33. The fourth-order valence-electron chi connectivity index (χ4n) is 2.22. The van der Waals surface area contributed by atoms with E-state index in [2.05, 4.69) is 9.97 Å². The van der Waals surface area contributed by atoms with Crippen LogP contribution in [-0.2, 0) is 6.18 Å². The molecule has 3 aromatic rings. The first kappa shape index (κ1) is 15.0. The van der Waals surface area contributed by atoms with Crippen molar-refractivity contribution in [1.82, 2.24) is 9.97 Å². The normalized spacial score (nSPS) is 11.6. The number of hydrogen-bond donors (Lipinski definition) is 1. The molecule has 23 heavy (non-hydrogen) atoms. The molecule has 2 heterocycles. The summed E-state index contributed by atoms with van der Waals surface area (Å²) >= 11 is 0. The van der Waals surface area contributed by atoms with Gasteiger partial charge in [0.05, 0.1) is 28.0 Å². The van der Waals surface area contributed by atoms with Gasteiger partial charge in [-0.3, -0.25) is 4.98 Å². The van der Waals surface area contributed by atoms with E-state index in [0.717, 1.165) is 18.2 Å². The standard InChI is InChI=1S/C16H9F3N2O2/c17-16(18,19)9-4-5-12-10(7-9)11(15(22)23)8-14(21-12)13-3-1-2-6-20-13/h1-8H,(H,22,23). The predicted octanol–water partition coefficient (Wildman–Crippen LogP) is 4.01. The van der Waals surface area contributed by atoms with Gasteiger partial charge in [0.1, 0.15) is 0 Å². The van der Waals surface area contributed by atoms with E-state index in [9.17, 15) is 23.1 Å². The first-order chi connectivity index (χ1) is 10.9. The fourth-order valence-corrected chi connectivity index (χ4v) is 2.22. The van der Waals surface area contributed by atoms with Crippen LogP contribution in [0.4, 0.5) is 13.2 Å². The van der Waals surface area contributed by atoms with Crippen LogP contribution < -0.4 is 0 Å². The molecule has 0 aliphatic heterocycles. The van der Waals surface area contributed by atoms with E-state index in [1.807, 2.05) is 0 Å². The van der Waals surface area contributed by atoms with E-state index in [-0.39, 0.29) is 22.2 Å². The minimum atomic E-state index is -4.55. The molecular weight excluding hydrogens is 309 g/mol. The van der Waals surface area contributed by atoms with Crippen LogP contribution in [0.15, 0.2) is 48.7 Å². The number of rotatable bonds is 2. The maximum Gasteiger partial charge on any atom is 0.416 e. The molecule has 3 rings (SSSR count). The molecule has 2 aromatic heterocycles. The third-order valence-electron chi connectivity index (χ3n) is 3.29. The van der Waals surface area contributed by atoms with Crippen molar-refractivity contribution in [2.75, 3.05) is 0 Å². The average molecular weight is 318 g/mol. The molecule has 0 bridgehead atoms. The minimum absolute atomic E-state index is 0.0630. The van der Waals surface area contributed by atoms with E-state index in [1.54, 1.807) is 18.2 Å². The van der Waals surface area contributed by atoms with Crippen LogP contribution in [0.5, 0.6) is 0 Å². The zero-order chi connectivity index (χ0) is 16.6. The van der Waals surface area contributed by atoms with Crippen molar-refractivity contribution >= 4 is 16.9 Å². The molecule has 0 unspecified atom stereocenters. The number of hydrogen-bond acceptors (Lipinski definition) is 3. The first-order valence-corrected chi connectivity index (χ1v) is 6.53. The maximum absolute atomic E-state index is 12.8. The molecule has 0 atom stereocenters. The topological polar surface area (TPSA) is 63.1 Å². The molecule has 0 aliphatic rings. The Hall–Kier alpha value is -2.96. The van der Waals surface area contributed by atoms with Gasteiger partial charge in [-0.25, -0.2) is 9.78 Å². The Balaban J connectivity index is 2.28. The lowest BCUT2D eigenvalue weighted by atomic mass is 10.0. The van der Waals surface area contributed by atoms with Crippen molar-refractivity contribution < 1.29 is 23.1 Å². The molecule has 7 heteroatoms. The Morgan fingerprint density at radius 2 is 1.83 bits per heavy atom. The van der Waals surface area contributed by atoms with Gasteiger partial charge in [0.2, 0.25) is 0 Å². The molecule has 1 N–H and O–H groups in total. The van der Waals surface area contributed by atoms with Gasteiger partial charge in [0.15, 0.2) is 0 Å². The summed E-state index contributed by atoms with van der Waals surface area (Å²) in [6.45, 7) is 0. The number of carboxylic acids is 1. The first-order valence-electron chi connectivity index (χ1n) is 6.53. The van der Waals surface area contributed by atoms with Crippen LogP contribution in [0.2, 0.25) is 0 Å². The highest BCUT2D eigenvalue weighted by atomic mass is 19.4.